The fourth-order valence-corrected chi connectivity index (χ4v) is 3.63. The monoisotopic (exact) mass is 307 g/mol. The summed E-state index contributed by atoms with van der Waals surface area (Å²) in [4.78, 5) is 4.75. The molecule has 0 atom stereocenters. The number of nitrogens with zero attached hydrogens (tertiary/aromatic N) is 1. The second kappa shape index (κ2) is 6.99. The first-order valence-corrected chi connectivity index (χ1v) is 8.73. The van der Waals surface area contributed by atoms with E-state index in [0.29, 0.717) is 5.75 Å². The van der Waals surface area contributed by atoms with Crippen LogP contribution >= 0.6 is 0 Å². The lowest BCUT2D eigenvalue weighted by molar-refractivity contribution is 0.474. The van der Waals surface area contributed by atoms with Gasteiger partial charge in [0.2, 0.25) is 0 Å². The van der Waals surface area contributed by atoms with E-state index in [1.54, 1.807) is 0 Å². The SMILES string of the molecule is CCCC(CCC)=C1c2ccc(O)cc2CCc2cccnc21. The van der Waals surface area contributed by atoms with E-state index in [9.17, 15) is 5.11 Å². The number of phenols is 1. The summed E-state index contributed by atoms with van der Waals surface area (Å²) in [6, 6.07) is 10.0. The Morgan fingerprint density at radius 3 is 2.52 bits per heavy atom. The van der Waals surface area contributed by atoms with Crippen molar-refractivity contribution < 1.29 is 5.11 Å². The molecular formula is C21H25NO. The van der Waals surface area contributed by atoms with E-state index < -0.39 is 0 Å². The molecule has 3 rings (SSSR count). The van der Waals surface area contributed by atoms with Crippen molar-refractivity contribution in [2.24, 2.45) is 0 Å². The van der Waals surface area contributed by atoms with Gasteiger partial charge in [0.25, 0.3) is 0 Å². The summed E-state index contributed by atoms with van der Waals surface area (Å²) >= 11 is 0. The number of benzene rings is 1. The average Bonchev–Trinajstić information content (AvgIpc) is 2.71. The van der Waals surface area contributed by atoms with Gasteiger partial charge >= 0.3 is 0 Å². The van der Waals surface area contributed by atoms with Crippen molar-refractivity contribution in [1.29, 1.82) is 0 Å². The Kier molecular flexibility index (Phi) is 4.80. The number of pyridine rings is 1. The summed E-state index contributed by atoms with van der Waals surface area (Å²) in [5, 5.41) is 9.90. The topological polar surface area (TPSA) is 33.1 Å². The highest BCUT2D eigenvalue weighted by Crippen LogP contribution is 2.38. The molecule has 0 aliphatic heterocycles. The predicted molar refractivity (Wildman–Crippen MR) is 95.6 cm³/mol. The molecular weight excluding hydrogens is 282 g/mol. The summed E-state index contributed by atoms with van der Waals surface area (Å²) in [6.45, 7) is 4.48. The second-order valence-corrected chi connectivity index (χ2v) is 6.33. The summed E-state index contributed by atoms with van der Waals surface area (Å²) in [7, 11) is 0. The molecule has 0 saturated carbocycles. The van der Waals surface area contributed by atoms with Gasteiger partial charge in [-0.15, -0.1) is 0 Å². The number of hydrogen-bond donors (Lipinski definition) is 1. The Labute approximate surface area is 138 Å². The van der Waals surface area contributed by atoms with Gasteiger partial charge in [-0.3, -0.25) is 4.98 Å². The van der Waals surface area contributed by atoms with Crippen molar-refractivity contribution >= 4 is 5.57 Å². The van der Waals surface area contributed by atoms with Crippen LogP contribution in [0.15, 0.2) is 42.1 Å². The van der Waals surface area contributed by atoms with Crippen LogP contribution in [-0.2, 0) is 12.8 Å². The largest absolute Gasteiger partial charge is 0.508 e. The van der Waals surface area contributed by atoms with E-state index in [2.05, 4.69) is 26.0 Å². The van der Waals surface area contributed by atoms with Gasteiger partial charge in [0.1, 0.15) is 5.75 Å². The van der Waals surface area contributed by atoms with Gasteiger partial charge in [-0.05, 0) is 60.6 Å². The van der Waals surface area contributed by atoms with E-state index in [1.807, 2.05) is 24.4 Å². The van der Waals surface area contributed by atoms with Crippen molar-refractivity contribution in [2.45, 2.75) is 52.4 Å². The van der Waals surface area contributed by atoms with Gasteiger partial charge in [-0.25, -0.2) is 0 Å². The quantitative estimate of drug-likeness (QED) is 0.832. The second-order valence-electron chi connectivity index (χ2n) is 6.33. The lowest BCUT2D eigenvalue weighted by atomic mass is 9.89. The maximum Gasteiger partial charge on any atom is 0.115 e. The third-order valence-corrected chi connectivity index (χ3v) is 4.61. The smallest absolute Gasteiger partial charge is 0.115 e. The Balaban J connectivity index is 2.28. The van der Waals surface area contributed by atoms with E-state index in [4.69, 9.17) is 4.98 Å². The molecule has 2 nitrogen and oxygen atoms in total. The van der Waals surface area contributed by atoms with Crippen LogP contribution in [0.3, 0.4) is 0 Å². The van der Waals surface area contributed by atoms with E-state index >= 15 is 0 Å². The molecule has 2 aromatic rings. The van der Waals surface area contributed by atoms with E-state index in [0.717, 1.165) is 44.2 Å². The maximum atomic E-state index is 9.90. The van der Waals surface area contributed by atoms with Crippen LogP contribution < -0.4 is 0 Å². The minimum Gasteiger partial charge on any atom is -0.508 e. The Bertz CT molecular complexity index is 722. The third kappa shape index (κ3) is 3.17. The van der Waals surface area contributed by atoms with Crippen molar-refractivity contribution in [3.8, 4) is 5.75 Å². The molecule has 0 fully saturated rings. The molecule has 0 radical (unpaired) electrons. The molecule has 1 aromatic heterocycles. The third-order valence-electron chi connectivity index (χ3n) is 4.61. The molecule has 1 aliphatic rings. The summed E-state index contributed by atoms with van der Waals surface area (Å²) in [5.41, 5.74) is 7.79. The number of aromatic nitrogens is 1. The summed E-state index contributed by atoms with van der Waals surface area (Å²) in [5.74, 6) is 0.356. The van der Waals surface area contributed by atoms with Gasteiger partial charge in [-0.2, -0.15) is 0 Å². The average molecular weight is 307 g/mol. The van der Waals surface area contributed by atoms with Crippen molar-refractivity contribution in [3.63, 3.8) is 0 Å². The molecule has 1 heterocycles. The standard InChI is InChI=1S/C21H25NO/c1-3-6-15(7-4-2)20-19-12-11-18(23)14-17(19)10-9-16-8-5-13-22-21(16)20/h5,8,11-14,23H,3-4,6-7,9-10H2,1-2H3. The van der Waals surface area contributed by atoms with Gasteiger partial charge in [0, 0.05) is 11.8 Å². The van der Waals surface area contributed by atoms with Gasteiger partial charge < -0.3 is 5.11 Å². The minimum atomic E-state index is 0.356. The zero-order valence-electron chi connectivity index (χ0n) is 14.1. The maximum absolute atomic E-state index is 9.90. The molecule has 1 aromatic carbocycles. The highest BCUT2D eigenvalue weighted by atomic mass is 16.3. The highest BCUT2D eigenvalue weighted by molar-refractivity contribution is 5.84. The number of phenolic OH excluding ortho intramolecular Hbond substituents is 1. The first kappa shape index (κ1) is 15.8. The predicted octanol–water partition coefficient (Wildman–Crippen LogP) is 5.29. The van der Waals surface area contributed by atoms with Crippen molar-refractivity contribution in [3.05, 3.63) is 64.5 Å². The molecule has 0 spiro atoms. The normalized spacial score (nSPS) is 13.2. The number of aromatic hydroxyl groups is 1. The molecule has 0 amide bonds. The molecule has 0 unspecified atom stereocenters. The first-order chi connectivity index (χ1) is 11.2. The van der Waals surface area contributed by atoms with Gasteiger partial charge in [-0.1, -0.05) is 44.4 Å². The van der Waals surface area contributed by atoms with Crippen LogP contribution in [0.4, 0.5) is 0 Å². The molecule has 120 valence electrons. The van der Waals surface area contributed by atoms with E-state index in [-0.39, 0.29) is 0 Å². The Morgan fingerprint density at radius 2 is 1.78 bits per heavy atom. The fourth-order valence-electron chi connectivity index (χ4n) is 3.63. The van der Waals surface area contributed by atoms with Crippen LogP contribution in [0, 0.1) is 0 Å². The van der Waals surface area contributed by atoms with Crippen LogP contribution in [0.2, 0.25) is 0 Å². The summed E-state index contributed by atoms with van der Waals surface area (Å²) < 4.78 is 0. The first-order valence-electron chi connectivity index (χ1n) is 8.73. The number of aryl methyl sites for hydroxylation is 2. The fraction of sp³-hybridized carbons (Fsp3) is 0.381. The lowest BCUT2D eigenvalue weighted by Crippen LogP contribution is -2.00. The van der Waals surface area contributed by atoms with Crippen molar-refractivity contribution in [2.75, 3.05) is 0 Å². The Hall–Kier alpha value is -2.09. The van der Waals surface area contributed by atoms with Crippen LogP contribution in [0.1, 0.15) is 61.9 Å². The van der Waals surface area contributed by atoms with Gasteiger partial charge in [0.15, 0.2) is 0 Å². The van der Waals surface area contributed by atoms with Crippen LogP contribution in [0.25, 0.3) is 5.57 Å². The number of rotatable bonds is 4. The zero-order chi connectivity index (χ0) is 16.2. The summed E-state index contributed by atoms with van der Waals surface area (Å²) in [6.07, 6.45) is 8.35. The lowest BCUT2D eigenvalue weighted by Gasteiger charge is -2.17. The Morgan fingerprint density at radius 1 is 1.04 bits per heavy atom. The molecule has 1 aliphatic carbocycles. The number of allylic oxidation sites excluding steroid dienone is 1. The van der Waals surface area contributed by atoms with Crippen molar-refractivity contribution in [1.82, 2.24) is 4.98 Å². The van der Waals surface area contributed by atoms with Gasteiger partial charge in [0.05, 0.1) is 5.69 Å². The number of fused-ring (bicyclic) bond motifs is 2. The minimum absolute atomic E-state index is 0.356. The molecule has 0 saturated heterocycles. The molecule has 2 heteroatoms. The number of hydrogen-bond acceptors (Lipinski definition) is 2. The highest BCUT2D eigenvalue weighted by Gasteiger charge is 2.22. The van der Waals surface area contributed by atoms with Crippen LogP contribution in [0.5, 0.6) is 5.75 Å². The van der Waals surface area contributed by atoms with E-state index in [1.165, 1.54) is 27.8 Å². The molecule has 1 N–H and O–H groups in total. The molecule has 0 bridgehead atoms. The van der Waals surface area contributed by atoms with Crippen LogP contribution in [-0.4, -0.2) is 10.1 Å². The zero-order valence-corrected chi connectivity index (χ0v) is 14.1. The molecule has 23 heavy (non-hydrogen) atoms.